The van der Waals surface area contributed by atoms with Crippen molar-refractivity contribution < 1.29 is 17.4 Å². The van der Waals surface area contributed by atoms with Crippen LogP contribution in [0.3, 0.4) is 0 Å². The van der Waals surface area contributed by atoms with E-state index < -0.39 is 26.8 Å². The zero-order chi connectivity index (χ0) is 13.7. The van der Waals surface area contributed by atoms with E-state index in [0.717, 1.165) is 0 Å². The Balaban J connectivity index is 2.68. The minimum Gasteiger partial charge on any atom is -0.294 e. The van der Waals surface area contributed by atoms with Gasteiger partial charge in [-0.3, -0.25) is 8.98 Å². The van der Waals surface area contributed by atoms with Crippen molar-refractivity contribution in [2.45, 2.75) is 24.7 Å². The van der Waals surface area contributed by atoms with Crippen LogP contribution in [0.5, 0.6) is 0 Å². The lowest BCUT2D eigenvalue weighted by Crippen LogP contribution is -2.29. The van der Waals surface area contributed by atoms with Crippen molar-refractivity contribution >= 4 is 39.1 Å². The number of rotatable bonds is 1. The van der Waals surface area contributed by atoms with E-state index in [0.29, 0.717) is 0 Å². The van der Waals surface area contributed by atoms with Crippen molar-refractivity contribution in [3.8, 4) is 0 Å². The predicted molar refractivity (Wildman–Crippen MR) is 68.3 cm³/mol. The first-order valence-corrected chi connectivity index (χ1v) is 7.32. The highest BCUT2D eigenvalue weighted by molar-refractivity contribution is 7.88. The third-order valence-corrected chi connectivity index (χ3v) is 5.04. The molecular formula is C11H10Cl2O4S. The SMILES string of the molecule is CC1(C)OS(=O)(=O)C(c2c(Cl)cccc2Cl)C1=O. The summed E-state index contributed by atoms with van der Waals surface area (Å²) >= 11 is 11.9. The fourth-order valence-corrected chi connectivity index (χ4v) is 4.46. The van der Waals surface area contributed by atoms with Crippen LogP contribution >= 0.6 is 23.2 Å². The van der Waals surface area contributed by atoms with Gasteiger partial charge in [-0.2, -0.15) is 8.42 Å². The fourth-order valence-electron chi connectivity index (χ4n) is 1.86. The summed E-state index contributed by atoms with van der Waals surface area (Å²) in [5.74, 6) is -0.572. The predicted octanol–water partition coefficient (Wildman–Crippen LogP) is 2.74. The van der Waals surface area contributed by atoms with Crippen LogP contribution in [0.15, 0.2) is 18.2 Å². The van der Waals surface area contributed by atoms with Crippen LogP contribution in [0.4, 0.5) is 0 Å². The summed E-state index contributed by atoms with van der Waals surface area (Å²) in [7, 11) is -4.06. The van der Waals surface area contributed by atoms with Gasteiger partial charge in [0, 0.05) is 15.6 Å². The third-order valence-electron chi connectivity index (χ3n) is 2.71. The van der Waals surface area contributed by atoms with Gasteiger partial charge in [0.15, 0.2) is 11.0 Å². The van der Waals surface area contributed by atoms with Gasteiger partial charge in [-0.05, 0) is 26.0 Å². The Morgan fingerprint density at radius 2 is 1.72 bits per heavy atom. The number of Topliss-reactive ketones (excluding diaryl/α,β-unsaturated/α-hetero) is 1. The molecule has 2 rings (SSSR count). The van der Waals surface area contributed by atoms with Crippen molar-refractivity contribution in [2.24, 2.45) is 0 Å². The minimum atomic E-state index is -4.06. The molecule has 0 N–H and O–H groups in total. The average molecular weight is 309 g/mol. The lowest BCUT2D eigenvalue weighted by Gasteiger charge is -2.12. The number of carbonyl (C=O) groups excluding carboxylic acids is 1. The molecule has 1 saturated heterocycles. The number of ketones is 1. The Bertz CT molecular complexity index is 602. The van der Waals surface area contributed by atoms with Gasteiger partial charge in [-0.1, -0.05) is 29.3 Å². The van der Waals surface area contributed by atoms with E-state index >= 15 is 0 Å². The Morgan fingerprint density at radius 1 is 1.22 bits per heavy atom. The largest absolute Gasteiger partial charge is 0.294 e. The van der Waals surface area contributed by atoms with E-state index in [2.05, 4.69) is 0 Å². The Labute approximate surface area is 115 Å². The molecule has 1 aromatic rings. The molecule has 0 radical (unpaired) electrons. The van der Waals surface area contributed by atoms with E-state index in [1.807, 2.05) is 0 Å². The standard InChI is InChI=1S/C11H10Cl2O4S/c1-11(2)10(14)9(18(15,16)17-11)8-6(12)4-3-5-7(8)13/h3-5,9H,1-2H3. The topological polar surface area (TPSA) is 60.4 Å². The second-order valence-corrected chi connectivity index (χ2v) is 6.90. The summed E-state index contributed by atoms with van der Waals surface area (Å²) in [6.07, 6.45) is 0. The van der Waals surface area contributed by atoms with E-state index in [1.54, 1.807) is 6.07 Å². The number of halogens is 2. The van der Waals surface area contributed by atoms with Gasteiger partial charge in [-0.15, -0.1) is 0 Å². The third kappa shape index (κ3) is 2.05. The van der Waals surface area contributed by atoms with Crippen LogP contribution in [0.25, 0.3) is 0 Å². The molecule has 0 aromatic heterocycles. The van der Waals surface area contributed by atoms with Gasteiger partial charge in [0.25, 0.3) is 10.1 Å². The maximum absolute atomic E-state index is 12.1. The molecule has 1 fully saturated rings. The highest BCUT2D eigenvalue weighted by atomic mass is 35.5. The van der Waals surface area contributed by atoms with E-state index in [9.17, 15) is 13.2 Å². The van der Waals surface area contributed by atoms with Crippen LogP contribution in [0, 0.1) is 0 Å². The number of benzene rings is 1. The van der Waals surface area contributed by atoms with Crippen LogP contribution in [0.1, 0.15) is 24.7 Å². The molecule has 1 atom stereocenters. The molecular weight excluding hydrogens is 299 g/mol. The zero-order valence-electron chi connectivity index (χ0n) is 9.61. The molecule has 1 unspecified atom stereocenters. The molecule has 0 saturated carbocycles. The molecule has 7 heteroatoms. The second kappa shape index (κ2) is 4.20. The summed E-state index contributed by atoms with van der Waals surface area (Å²) in [6.45, 7) is 2.80. The van der Waals surface area contributed by atoms with Gasteiger partial charge >= 0.3 is 0 Å². The Hall–Kier alpha value is -0.620. The maximum atomic E-state index is 12.1. The quantitative estimate of drug-likeness (QED) is 0.748. The molecule has 98 valence electrons. The molecule has 0 amide bonds. The molecule has 1 aliphatic rings. The van der Waals surface area contributed by atoms with E-state index in [1.165, 1.54) is 26.0 Å². The first-order chi connectivity index (χ1) is 8.17. The van der Waals surface area contributed by atoms with Crippen molar-refractivity contribution in [1.29, 1.82) is 0 Å². The van der Waals surface area contributed by atoms with E-state index in [-0.39, 0.29) is 15.6 Å². The van der Waals surface area contributed by atoms with Crippen LogP contribution in [-0.4, -0.2) is 19.8 Å². The lowest BCUT2D eigenvalue weighted by atomic mass is 9.97. The lowest BCUT2D eigenvalue weighted by molar-refractivity contribution is -0.127. The van der Waals surface area contributed by atoms with Crippen LogP contribution in [0.2, 0.25) is 10.0 Å². The monoisotopic (exact) mass is 308 g/mol. The van der Waals surface area contributed by atoms with Crippen molar-refractivity contribution in [2.75, 3.05) is 0 Å². The minimum absolute atomic E-state index is 0.0800. The van der Waals surface area contributed by atoms with Crippen LogP contribution in [-0.2, 0) is 19.1 Å². The molecule has 0 spiro atoms. The molecule has 18 heavy (non-hydrogen) atoms. The van der Waals surface area contributed by atoms with Gasteiger partial charge in [-0.25, -0.2) is 0 Å². The maximum Gasteiger partial charge on any atom is 0.282 e. The molecule has 1 aliphatic heterocycles. The Morgan fingerprint density at radius 3 is 2.11 bits per heavy atom. The zero-order valence-corrected chi connectivity index (χ0v) is 11.9. The molecule has 4 nitrogen and oxygen atoms in total. The second-order valence-electron chi connectivity index (χ2n) is 4.47. The van der Waals surface area contributed by atoms with Crippen LogP contribution < -0.4 is 0 Å². The highest BCUT2D eigenvalue weighted by Crippen LogP contribution is 2.44. The van der Waals surface area contributed by atoms with Gasteiger partial charge in [0.1, 0.15) is 5.60 Å². The number of hydrogen-bond acceptors (Lipinski definition) is 4. The Kier molecular flexibility index (Phi) is 3.22. The van der Waals surface area contributed by atoms with Crippen molar-refractivity contribution in [3.63, 3.8) is 0 Å². The summed E-state index contributed by atoms with van der Waals surface area (Å²) in [4.78, 5) is 12.1. The molecule has 1 aromatic carbocycles. The smallest absolute Gasteiger partial charge is 0.282 e. The summed E-state index contributed by atoms with van der Waals surface area (Å²) in [6, 6.07) is 4.54. The summed E-state index contributed by atoms with van der Waals surface area (Å²) < 4.78 is 28.7. The van der Waals surface area contributed by atoms with Crippen molar-refractivity contribution in [1.82, 2.24) is 0 Å². The van der Waals surface area contributed by atoms with Gasteiger partial charge in [0.05, 0.1) is 0 Å². The number of hydrogen-bond donors (Lipinski definition) is 0. The number of carbonyl (C=O) groups is 1. The first-order valence-electron chi connectivity index (χ1n) is 5.09. The molecule has 0 bridgehead atoms. The molecule has 0 aliphatic carbocycles. The average Bonchev–Trinajstić information content (AvgIpc) is 2.35. The normalized spacial score (nSPS) is 25.3. The van der Waals surface area contributed by atoms with Gasteiger partial charge < -0.3 is 0 Å². The fraction of sp³-hybridized carbons (Fsp3) is 0.364. The van der Waals surface area contributed by atoms with Crippen molar-refractivity contribution in [3.05, 3.63) is 33.8 Å². The van der Waals surface area contributed by atoms with E-state index in [4.69, 9.17) is 27.4 Å². The highest BCUT2D eigenvalue weighted by Gasteiger charge is 2.54. The molecule has 1 heterocycles. The first kappa shape index (κ1) is 13.8. The summed E-state index contributed by atoms with van der Waals surface area (Å²) in [5.41, 5.74) is -1.32. The summed E-state index contributed by atoms with van der Waals surface area (Å²) in [5, 5.41) is -1.20. The van der Waals surface area contributed by atoms with Gasteiger partial charge in [0.2, 0.25) is 0 Å².